The van der Waals surface area contributed by atoms with Crippen LogP contribution in [0.5, 0.6) is 11.6 Å². The maximum Gasteiger partial charge on any atom is 0.419 e. The molecule has 1 aromatic carbocycles. The second-order valence-corrected chi connectivity index (χ2v) is 11.8. The predicted molar refractivity (Wildman–Crippen MR) is 156 cm³/mol. The summed E-state index contributed by atoms with van der Waals surface area (Å²) in [4.78, 5) is 23.7. The SMILES string of the molecule is CCOc1ncccc1-c1ccc(OC2CC3(C2)CN(c2cccc(Cl)c2C(F)(F)F)C3)c(CNC(=O)[C@@H]2CCCN2)n1. The molecule has 1 atom stereocenters. The van der Waals surface area contributed by atoms with E-state index in [1.165, 1.54) is 12.1 Å². The number of amides is 1. The highest BCUT2D eigenvalue weighted by Crippen LogP contribution is 2.53. The van der Waals surface area contributed by atoms with E-state index >= 15 is 0 Å². The largest absolute Gasteiger partial charge is 0.488 e. The number of hydrogen-bond donors (Lipinski definition) is 2. The van der Waals surface area contributed by atoms with Crippen molar-refractivity contribution in [3.8, 4) is 22.9 Å². The van der Waals surface area contributed by atoms with Gasteiger partial charge in [-0.05, 0) is 75.5 Å². The van der Waals surface area contributed by atoms with Crippen molar-refractivity contribution in [3.05, 3.63) is 64.9 Å². The topological polar surface area (TPSA) is 88.6 Å². The molecule has 43 heavy (non-hydrogen) atoms. The molecule has 12 heteroatoms. The molecule has 4 heterocycles. The summed E-state index contributed by atoms with van der Waals surface area (Å²) >= 11 is 5.93. The van der Waals surface area contributed by atoms with Crippen molar-refractivity contribution in [2.45, 2.75) is 57.5 Å². The van der Waals surface area contributed by atoms with Gasteiger partial charge >= 0.3 is 6.18 Å². The summed E-state index contributed by atoms with van der Waals surface area (Å²) < 4.78 is 53.1. The number of nitrogens with zero attached hydrogens (tertiary/aromatic N) is 3. The van der Waals surface area contributed by atoms with Crippen LogP contribution in [0.25, 0.3) is 11.3 Å². The molecule has 2 aromatic heterocycles. The quantitative estimate of drug-likeness (QED) is 0.323. The minimum Gasteiger partial charge on any atom is -0.488 e. The molecule has 8 nitrogen and oxygen atoms in total. The number of alkyl halides is 3. The number of rotatable bonds is 9. The highest BCUT2D eigenvalue weighted by molar-refractivity contribution is 6.31. The molecular weight excluding hydrogens is 583 g/mol. The molecule has 1 aliphatic carbocycles. The summed E-state index contributed by atoms with van der Waals surface area (Å²) in [7, 11) is 0. The molecule has 1 spiro atoms. The van der Waals surface area contributed by atoms with Crippen molar-refractivity contribution in [3.63, 3.8) is 0 Å². The molecule has 0 unspecified atom stereocenters. The molecule has 3 fully saturated rings. The van der Waals surface area contributed by atoms with E-state index in [1.54, 1.807) is 17.2 Å². The average molecular weight is 616 g/mol. The lowest BCUT2D eigenvalue weighted by molar-refractivity contribution is -0.137. The van der Waals surface area contributed by atoms with E-state index in [9.17, 15) is 18.0 Å². The maximum atomic E-state index is 13.7. The van der Waals surface area contributed by atoms with Crippen LogP contribution in [0, 0.1) is 5.41 Å². The second kappa shape index (κ2) is 11.8. The van der Waals surface area contributed by atoms with Crippen LogP contribution in [0.1, 0.15) is 43.9 Å². The van der Waals surface area contributed by atoms with Gasteiger partial charge in [0.25, 0.3) is 0 Å². The van der Waals surface area contributed by atoms with Gasteiger partial charge in [0.15, 0.2) is 0 Å². The van der Waals surface area contributed by atoms with Crippen molar-refractivity contribution >= 4 is 23.2 Å². The molecule has 2 saturated heterocycles. The second-order valence-electron chi connectivity index (χ2n) is 11.4. The minimum atomic E-state index is -4.53. The maximum absolute atomic E-state index is 13.7. The van der Waals surface area contributed by atoms with Gasteiger partial charge in [0.2, 0.25) is 11.8 Å². The van der Waals surface area contributed by atoms with E-state index in [1.807, 2.05) is 31.2 Å². The number of halogens is 4. The molecule has 3 aliphatic rings. The van der Waals surface area contributed by atoms with Gasteiger partial charge in [-0.3, -0.25) is 4.79 Å². The van der Waals surface area contributed by atoms with E-state index in [4.69, 9.17) is 26.1 Å². The summed E-state index contributed by atoms with van der Waals surface area (Å²) in [6.45, 7) is 4.36. The van der Waals surface area contributed by atoms with Gasteiger partial charge in [0.05, 0.1) is 46.7 Å². The molecule has 6 rings (SSSR count). The summed E-state index contributed by atoms with van der Waals surface area (Å²) in [5.41, 5.74) is 1.19. The smallest absolute Gasteiger partial charge is 0.419 e. The first-order valence-corrected chi connectivity index (χ1v) is 14.9. The van der Waals surface area contributed by atoms with Crippen LogP contribution in [0.4, 0.5) is 18.9 Å². The number of aromatic nitrogens is 2. The Morgan fingerprint density at radius 3 is 2.72 bits per heavy atom. The summed E-state index contributed by atoms with van der Waals surface area (Å²) in [6.07, 6.45) is 0.184. The zero-order valence-electron chi connectivity index (χ0n) is 23.7. The van der Waals surface area contributed by atoms with E-state index in [0.29, 0.717) is 55.6 Å². The van der Waals surface area contributed by atoms with Gasteiger partial charge in [-0.15, -0.1) is 0 Å². The van der Waals surface area contributed by atoms with Crippen molar-refractivity contribution in [1.82, 2.24) is 20.6 Å². The predicted octanol–water partition coefficient (Wildman–Crippen LogP) is 5.63. The fourth-order valence-electron chi connectivity index (χ4n) is 6.33. The number of carbonyl (C=O) groups excluding carboxylic acids is 1. The normalized spacial score (nSPS) is 19.6. The Bertz CT molecular complexity index is 1480. The molecule has 0 bridgehead atoms. The Kier molecular flexibility index (Phi) is 8.12. The van der Waals surface area contributed by atoms with Crippen molar-refractivity contribution < 1.29 is 27.4 Å². The highest BCUT2D eigenvalue weighted by atomic mass is 35.5. The Labute approximate surface area is 252 Å². The summed E-state index contributed by atoms with van der Waals surface area (Å²) in [6, 6.07) is 11.5. The number of benzene rings is 1. The van der Waals surface area contributed by atoms with Gasteiger partial charge in [-0.25, -0.2) is 9.97 Å². The number of nitrogens with one attached hydrogen (secondary N) is 2. The van der Waals surface area contributed by atoms with Crippen molar-refractivity contribution in [2.24, 2.45) is 5.41 Å². The van der Waals surface area contributed by atoms with Gasteiger partial charge in [0.1, 0.15) is 17.5 Å². The molecule has 0 radical (unpaired) electrons. The molecule has 228 valence electrons. The average Bonchev–Trinajstić information content (AvgIpc) is 3.48. The first-order valence-electron chi connectivity index (χ1n) is 14.5. The lowest BCUT2D eigenvalue weighted by atomic mass is 9.61. The summed E-state index contributed by atoms with van der Waals surface area (Å²) in [5, 5.41) is 5.91. The Balaban J connectivity index is 1.15. The number of ether oxygens (including phenoxy) is 2. The van der Waals surface area contributed by atoms with Crippen LogP contribution in [-0.2, 0) is 17.5 Å². The van der Waals surface area contributed by atoms with E-state index < -0.39 is 11.7 Å². The van der Waals surface area contributed by atoms with E-state index in [2.05, 4.69) is 15.6 Å². The first-order chi connectivity index (χ1) is 20.7. The highest BCUT2D eigenvalue weighted by Gasteiger charge is 2.55. The third kappa shape index (κ3) is 6.10. The van der Waals surface area contributed by atoms with E-state index in [-0.39, 0.29) is 40.7 Å². The fourth-order valence-corrected chi connectivity index (χ4v) is 6.61. The number of carbonyl (C=O) groups is 1. The third-order valence-corrected chi connectivity index (χ3v) is 8.67. The lowest BCUT2D eigenvalue weighted by Crippen LogP contribution is -2.65. The number of anilines is 1. The fraction of sp³-hybridized carbons (Fsp3) is 0.452. The van der Waals surface area contributed by atoms with Crippen LogP contribution < -0.4 is 25.0 Å². The zero-order valence-corrected chi connectivity index (χ0v) is 24.5. The van der Waals surface area contributed by atoms with Gasteiger partial charge in [0, 0.05) is 24.7 Å². The molecule has 2 N–H and O–H groups in total. The van der Waals surface area contributed by atoms with Crippen molar-refractivity contribution in [2.75, 3.05) is 31.1 Å². The van der Waals surface area contributed by atoms with E-state index in [0.717, 1.165) is 24.9 Å². The van der Waals surface area contributed by atoms with Crippen LogP contribution in [0.2, 0.25) is 5.02 Å². The monoisotopic (exact) mass is 615 g/mol. The molecule has 1 amide bonds. The third-order valence-electron chi connectivity index (χ3n) is 8.35. The van der Waals surface area contributed by atoms with Gasteiger partial charge in [-0.2, -0.15) is 13.2 Å². The standard InChI is InChI=1S/C31H33ClF3N5O3/c1-2-42-29-20(6-4-13-37-29)22-10-11-26(24(39-22)16-38-28(41)23-8-5-12-36-23)43-19-14-30(15-19)17-40(18-30)25-9-3-7-21(32)27(25)31(33,34)35/h3-4,6-7,9-11,13,19,23,36H,2,5,8,12,14-18H2,1H3,(H,38,41)/t23-/m0/s1. The van der Waals surface area contributed by atoms with Crippen LogP contribution in [0.3, 0.4) is 0 Å². The Morgan fingerprint density at radius 2 is 2.00 bits per heavy atom. The molecule has 3 aromatic rings. The van der Waals surface area contributed by atoms with Gasteiger partial charge in [-0.1, -0.05) is 17.7 Å². The number of hydrogen-bond acceptors (Lipinski definition) is 7. The molecule has 1 saturated carbocycles. The van der Waals surface area contributed by atoms with Crippen LogP contribution >= 0.6 is 11.6 Å². The zero-order chi connectivity index (χ0) is 30.2. The Morgan fingerprint density at radius 1 is 1.19 bits per heavy atom. The first kappa shape index (κ1) is 29.5. The van der Waals surface area contributed by atoms with Crippen molar-refractivity contribution in [1.29, 1.82) is 0 Å². The van der Waals surface area contributed by atoms with Crippen LogP contribution in [0.15, 0.2) is 48.7 Å². The van der Waals surface area contributed by atoms with Gasteiger partial charge < -0.3 is 25.0 Å². The van der Waals surface area contributed by atoms with Crippen LogP contribution in [-0.4, -0.2) is 54.3 Å². The Hall–Kier alpha value is -3.57. The summed E-state index contributed by atoms with van der Waals surface area (Å²) in [5.74, 6) is 0.958. The minimum absolute atomic E-state index is 0.0802. The lowest BCUT2D eigenvalue weighted by Gasteiger charge is -2.59. The number of pyridine rings is 2. The molecule has 2 aliphatic heterocycles. The molecular formula is C31H33ClF3N5O3.